The van der Waals surface area contributed by atoms with E-state index in [2.05, 4.69) is 15.9 Å². The van der Waals surface area contributed by atoms with Crippen molar-refractivity contribution in [3.05, 3.63) is 22.7 Å². The standard InChI is InChI=1S/C12H19BrN2O3S/c1-9(2)18-7-6-15(3)19(16,17)10-4-5-11(13)12(14)8-10/h4-5,8-9H,6-7,14H2,1-3H3. The number of likely N-dealkylation sites (N-methyl/N-ethyl adjacent to an activating group) is 1. The molecule has 1 aromatic rings. The summed E-state index contributed by atoms with van der Waals surface area (Å²) in [5, 5.41) is 0. The zero-order valence-corrected chi connectivity index (χ0v) is 13.7. The second-order valence-electron chi connectivity index (χ2n) is 4.43. The van der Waals surface area contributed by atoms with Crippen molar-refractivity contribution >= 4 is 31.6 Å². The normalized spacial score (nSPS) is 12.3. The van der Waals surface area contributed by atoms with Crippen LogP contribution in [0, 0.1) is 0 Å². The van der Waals surface area contributed by atoms with Gasteiger partial charge < -0.3 is 10.5 Å². The third-order valence-corrected chi connectivity index (χ3v) is 5.11. The highest BCUT2D eigenvalue weighted by atomic mass is 79.9. The Balaban J connectivity index is 2.81. The number of hydrogen-bond acceptors (Lipinski definition) is 4. The maximum Gasteiger partial charge on any atom is 0.242 e. The number of hydrogen-bond donors (Lipinski definition) is 1. The fraction of sp³-hybridized carbons (Fsp3) is 0.500. The topological polar surface area (TPSA) is 72.6 Å². The van der Waals surface area contributed by atoms with Crippen LogP contribution in [0.4, 0.5) is 5.69 Å². The Morgan fingerprint density at radius 3 is 2.58 bits per heavy atom. The second kappa shape index (κ2) is 6.69. The Hall–Kier alpha value is -0.630. The molecule has 0 heterocycles. The summed E-state index contributed by atoms with van der Waals surface area (Å²) in [5.74, 6) is 0. The summed E-state index contributed by atoms with van der Waals surface area (Å²) in [5.41, 5.74) is 6.10. The van der Waals surface area contributed by atoms with Crippen LogP contribution in [0.1, 0.15) is 13.8 Å². The lowest BCUT2D eigenvalue weighted by Crippen LogP contribution is -2.31. The van der Waals surface area contributed by atoms with Crippen LogP contribution in [0.3, 0.4) is 0 Å². The van der Waals surface area contributed by atoms with Crippen LogP contribution in [0.15, 0.2) is 27.6 Å². The fourth-order valence-electron chi connectivity index (χ4n) is 1.40. The van der Waals surface area contributed by atoms with E-state index in [1.54, 1.807) is 6.07 Å². The van der Waals surface area contributed by atoms with E-state index in [-0.39, 0.29) is 11.0 Å². The Labute approximate surface area is 122 Å². The molecule has 0 aliphatic heterocycles. The molecule has 19 heavy (non-hydrogen) atoms. The zero-order chi connectivity index (χ0) is 14.6. The molecule has 0 aliphatic carbocycles. The van der Waals surface area contributed by atoms with Gasteiger partial charge in [0.1, 0.15) is 0 Å². The van der Waals surface area contributed by atoms with Gasteiger partial charge in [0.2, 0.25) is 10.0 Å². The first-order valence-corrected chi connectivity index (χ1v) is 8.11. The van der Waals surface area contributed by atoms with Gasteiger partial charge in [-0.25, -0.2) is 8.42 Å². The predicted octanol–water partition coefficient (Wildman–Crippen LogP) is 2.08. The van der Waals surface area contributed by atoms with E-state index in [4.69, 9.17) is 10.5 Å². The lowest BCUT2D eigenvalue weighted by atomic mass is 10.3. The molecule has 0 aromatic heterocycles. The molecular weight excluding hydrogens is 332 g/mol. The summed E-state index contributed by atoms with van der Waals surface area (Å²) < 4.78 is 31.8. The average molecular weight is 351 g/mol. The Kier molecular flexibility index (Phi) is 5.79. The van der Waals surface area contributed by atoms with E-state index in [1.807, 2.05) is 13.8 Å². The SMILES string of the molecule is CC(C)OCCN(C)S(=O)(=O)c1ccc(Br)c(N)c1. The number of rotatable bonds is 6. The molecule has 0 saturated carbocycles. The number of nitrogens with zero attached hydrogens (tertiary/aromatic N) is 1. The van der Waals surface area contributed by atoms with Crippen LogP contribution in [-0.2, 0) is 14.8 Å². The van der Waals surface area contributed by atoms with Crippen LogP contribution < -0.4 is 5.73 Å². The average Bonchev–Trinajstić information content (AvgIpc) is 2.31. The highest BCUT2D eigenvalue weighted by Gasteiger charge is 2.21. The number of ether oxygens (including phenoxy) is 1. The summed E-state index contributed by atoms with van der Waals surface area (Å²) in [6.45, 7) is 4.48. The third kappa shape index (κ3) is 4.45. The van der Waals surface area contributed by atoms with Crippen molar-refractivity contribution < 1.29 is 13.2 Å². The predicted molar refractivity (Wildman–Crippen MR) is 79.5 cm³/mol. The van der Waals surface area contributed by atoms with E-state index < -0.39 is 10.0 Å². The van der Waals surface area contributed by atoms with E-state index in [0.717, 1.165) is 0 Å². The summed E-state index contributed by atoms with van der Waals surface area (Å²) >= 11 is 3.24. The van der Waals surface area contributed by atoms with Crippen molar-refractivity contribution in [2.75, 3.05) is 25.9 Å². The van der Waals surface area contributed by atoms with Crippen molar-refractivity contribution in [2.24, 2.45) is 0 Å². The van der Waals surface area contributed by atoms with E-state index >= 15 is 0 Å². The molecule has 0 spiro atoms. The molecule has 1 rings (SSSR count). The number of halogens is 1. The van der Waals surface area contributed by atoms with Gasteiger partial charge in [-0.2, -0.15) is 4.31 Å². The van der Waals surface area contributed by atoms with Crippen molar-refractivity contribution in [3.63, 3.8) is 0 Å². The Morgan fingerprint density at radius 2 is 2.05 bits per heavy atom. The molecule has 108 valence electrons. The molecule has 0 saturated heterocycles. The molecular formula is C12H19BrN2O3S. The molecule has 0 radical (unpaired) electrons. The summed E-state index contributed by atoms with van der Waals surface area (Å²) in [6.07, 6.45) is 0.0828. The molecule has 1 aromatic carbocycles. The number of benzene rings is 1. The van der Waals surface area contributed by atoms with Gasteiger partial charge >= 0.3 is 0 Å². The second-order valence-corrected chi connectivity index (χ2v) is 7.33. The van der Waals surface area contributed by atoms with E-state index in [1.165, 1.54) is 23.5 Å². The first-order chi connectivity index (χ1) is 8.75. The quantitative estimate of drug-likeness (QED) is 0.797. The summed E-state index contributed by atoms with van der Waals surface area (Å²) in [7, 11) is -2.00. The van der Waals surface area contributed by atoms with E-state index in [9.17, 15) is 8.42 Å². The molecule has 0 bridgehead atoms. The van der Waals surface area contributed by atoms with Gasteiger partial charge in [0, 0.05) is 23.8 Å². The van der Waals surface area contributed by atoms with E-state index in [0.29, 0.717) is 23.3 Å². The first-order valence-electron chi connectivity index (χ1n) is 5.88. The molecule has 5 nitrogen and oxygen atoms in total. The highest BCUT2D eigenvalue weighted by Crippen LogP contribution is 2.24. The number of nitrogen functional groups attached to an aromatic ring is 1. The van der Waals surface area contributed by atoms with Crippen molar-refractivity contribution in [2.45, 2.75) is 24.8 Å². The summed E-state index contributed by atoms with van der Waals surface area (Å²) in [6, 6.07) is 4.59. The minimum atomic E-state index is -3.52. The molecule has 0 atom stereocenters. The molecule has 0 fully saturated rings. The van der Waals surface area contributed by atoms with Crippen LogP contribution in [0.25, 0.3) is 0 Å². The van der Waals surface area contributed by atoms with Crippen LogP contribution in [-0.4, -0.2) is 39.0 Å². The van der Waals surface area contributed by atoms with Gasteiger partial charge in [0.05, 0.1) is 17.6 Å². The zero-order valence-electron chi connectivity index (χ0n) is 11.3. The minimum Gasteiger partial charge on any atom is -0.398 e. The van der Waals surface area contributed by atoms with Gasteiger partial charge in [0.15, 0.2) is 0 Å². The lowest BCUT2D eigenvalue weighted by molar-refractivity contribution is 0.0737. The van der Waals surface area contributed by atoms with Gasteiger partial charge in [-0.15, -0.1) is 0 Å². The largest absolute Gasteiger partial charge is 0.398 e. The molecule has 7 heteroatoms. The van der Waals surface area contributed by atoms with Crippen molar-refractivity contribution in [3.8, 4) is 0 Å². The van der Waals surface area contributed by atoms with Crippen molar-refractivity contribution in [1.29, 1.82) is 0 Å². The maximum atomic E-state index is 12.3. The van der Waals surface area contributed by atoms with Crippen LogP contribution in [0.2, 0.25) is 0 Å². The monoisotopic (exact) mass is 350 g/mol. The molecule has 0 unspecified atom stereocenters. The highest BCUT2D eigenvalue weighted by molar-refractivity contribution is 9.10. The summed E-state index contributed by atoms with van der Waals surface area (Å²) in [4.78, 5) is 0.181. The van der Waals surface area contributed by atoms with Gasteiger partial charge in [0.25, 0.3) is 0 Å². The smallest absolute Gasteiger partial charge is 0.242 e. The minimum absolute atomic E-state index is 0.0828. The van der Waals surface area contributed by atoms with Gasteiger partial charge in [-0.3, -0.25) is 0 Å². The van der Waals surface area contributed by atoms with Gasteiger partial charge in [-0.1, -0.05) is 0 Å². The van der Waals surface area contributed by atoms with Crippen LogP contribution in [0.5, 0.6) is 0 Å². The lowest BCUT2D eigenvalue weighted by Gasteiger charge is -2.18. The molecule has 0 aliphatic rings. The Bertz CT molecular complexity index is 532. The third-order valence-electron chi connectivity index (χ3n) is 2.53. The van der Waals surface area contributed by atoms with Crippen molar-refractivity contribution in [1.82, 2.24) is 4.31 Å². The maximum absolute atomic E-state index is 12.3. The molecule has 2 N–H and O–H groups in total. The fourth-order valence-corrected chi connectivity index (χ4v) is 2.84. The van der Waals surface area contributed by atoms with Crippen LogP contribution >= 0.6 is 15.9 Å². The number of sulfonamides is 1. The first kappa shape index (κ1) is 16.4. The molecule has 0 amide bonds. The number of anilines is 1. The van der Waals surface area contributed by atoms with Gasteiger partial charge in [-0.05, 0) is 48.0 Å². The number of nitrogens with two attached hydrogens (primary N) is 1. The Morgan fingerprint density at radius 1 is 1.42 bits per heavy atom.